The Morgan fingerprint density at radius 3 is 2.44 bits per heavy atom. The Balaban J connectivity index is 2.19. The summed E-state index contributed by atoms with van der Waals surface area (Å²) in [5.74, 6) is 0.666. The standard InChI is InChI=1S/C13H22N4O/c1-10-11(2)15-16-13(14-10)17(8-9-18)12-6-4-3-5-7-12/h12,18H,3-9H2,1-2H3. The molecule has 0 saturated heterocycles. The highest BCUT2D eigenvalue weighted by molar-refractivity contribution is 5.31. The van der Waals surface area contributed by atoms with Gasteiger partial charge in [0.25, 0.3) is 0 Å². The molecule has 1 heterocycles. The maximum absolute atomic E-state index is 9.23. The first-order valence-electron chi connectivity index (χ1n) is 6.78. The summed E-state index contributed by atoms with van der Waals surface area (Å²) in [6.07, 6.45) is 6.15. The molecule has 0 atom stereocenters. The van der Waals surface area contributed by atoms with Gasteiger partial charge in [0.2, 0.25) is 5.95 Å². The van der Waals surface area contributed by atoms with Gasteiger partial charge in [0, 0.05) is 12.6 Å². The molecule has 0 aromatic carbocycles. The van der Waals surface area contributed by atoms with Crippen molar-refractivity contribution in [3.63, 3.8) is 0 Å². The zero-order valence-electron chi connectivity index (χ0n) is 11.3. The van der Waals surface area contributed by atoms with Crippen LogP contribution in [0.5, 0.6) is 0 Å². The molecule has 1 aliphatic carbocycles. The summed E-state index contributed by atoms with van der Waals surface area (Å²) in [5, 5.41) is 17.6. The smallest absolute Gasteiger partial charge is 0.245 e. The van der Waals surface area contributed by atoms with Crippen LogP contribution in [0, 0.1) is 13.8 Å². The molecule has 0 amide bonds. The molecule has 0 spiro atoms. The van der Waals surface area contributed by atoms with E-state index in [1.54, 1.807) is 0 Å². The number of nitrogens with zero attached hydrogens (tertiary/aromatic N) is 4. The Kier molecular flexibility index (Phi) is 4.47. The highest BCUT2D eigenvalue weighted by Gasteiger charge is 2.23. The fourth-order valence-electron chi connectivity index (χ4n) is 2.51. The third-order valence-electron chi connectivity index (χ3n) is 3.69. The van der Waals surface area contributed by atoms with Crippen LogP contribution >= 0.6 is 0 Å². The van der Waals surface area contributed by atoms with E-state index in [0.29, 0.717) is 18.5 Å². The molecule has 5 heteroatoms. The lowest BCUT2D eigenvalue weighted by Crippen LogP contribution is -2.40. The average Bonchev–Trinajstić information content (AvgIpc) is 2.40. The Bertz CT molecular complexity index is 391. The lowest BCUT2D eigenvalue weighted by atomic mass is 9.94. The predicted molar refractivity (Wildman–Crippen MR) is 70.6 cm³/mol. The second-order valence-corrected chi connectivity index (χ2v) is 4.99. The van der Waals surface area contributed by atoms with Gasteiger partial charge in [-0.2, -0.15) is 5.10 Å². The zero-order valence-corrected chi connectivity index (χ0v) is 11.3. The Labute approximate surface area is 108 Å². The van der Waals surface area contributed by atoms with Gasteiger partial charge in [0.1, 0.15) is 0 Å². The number of rotatable bonds is 4. The van der Waals surface area contributed by atoms with E-state index in [9.17, 15) is 5.11 Å². The van der Waals surface area contributed by atoms with E-state index < -0.39 is 0 Å². The van der Waals surface area contributed by atoms with E-state index in [1.807, 2.05) is 13.8 Å². The van der Waals surface area contributed by atoms with Crippen LogP contribution in [0.15, 0.2) is 0 Å². The van der Waals surface area contributed by atoms with Gasteiger partial charge in [0.15, 0.2) is 0 Å². The summed E-state index contributed by atoms with van der Waals surface area (Å²) in [5.41, 5.74) is 1.78. The monoisotopic (exact) mass is 250 g/mol. The van der Waals surface area contributed by atoms with Gasteiger partial charge in [-0.25, -0.2) is 4.98 Å². The van der Waals surface area contributed by atoms with E-state index in [0.717, 1.165) is 24.2 Å². The SMILES string of the molecule is Cc1nnc(N(CCO)C2CCCCC2)nc1C. The van der Waals surface area contributed by atoms with Gasteiger partial charge in [-0.1, -0.05) is 19.3 Å². The van der Waals surface area contributed by atoms with Crippen molar-refractivity contribution in [3.8, 4) is 0 Å². The number of hydrogen-bond donors (Lipinski definition) is 1. The number of anilines is 1. The largest absolute Gasteiger partial charge is 0.395 e. The van der Waals surface area contributed by atoms with Crippen LogP contribution in [-0.2, 0) is 0 Å². The Morgan fingerprint density at radius 1 is 1.11 bits per heavy atom. The molecular weight excluding hydrogens is 228 g/mol. The molecular formula is C13H22N4O. The van der Waals surface area contributed by atoms with E-state index in [1.165, 1.54) is 19.3 Å². The third kappa shape index (κ3) is 2.96. The highest BCUT2D eigenvalue weighted by Crippen LogP contribution is 2.25. The first-order chi connectivity index (χ1) is 8.72. The average molecular weight is 250 g/mol. The molecule has 0 aliphatic heterocycles. The second kappa shape index (κ2) is 6.09. The fourth-order valence-corrected chi connectivity index (χ4v) is 2.51. The summed E-state index contributed by atoms with van der Waals surface area (Å²) in [6, 6.07) is 0.454. The maximum atomic E-state index is 9.23. The van der Waals surface area contributed by atoms with Crippen molar-refractivity contribution in [2.24, 2.45) is 0 Å². The fraction of sp³-hybridized carbons (Fsp3) is 0.769. The van der Waals surface area contributed by atoms with Crippen molar-refractivity contribution >= 4 is 5.95 Å². The Hall–Kier alpha value is -1.23. The van der Waals surface area contributed by atoms with E-state index >= 15 is 0 Å². The van der Waals surface area contributed by atoms with Gasteiger partial charge in [-0.15, -0.1) is 5.10 Å². The summed E-state index contributed by atoms with van der Waals surface area (Å²) in [7, 11) is 0. The highest BCUT2D eigenvalue weighted by atomic mass is 16.3. The van der Waals surface area contributed by atoms with Crippen LogP contribution in [0.1, 0.15) is 43.5 Å². The number of aliphatic hydroxyl groups is 1. The van der Waals surface area contributed by atoms with Crippen LogP contribution in [-0.4, -0.2) is 39.5 Å². The molecule has 1 saturated carbocycles. The molecule has 5 nitrogen and oxygen atoms in total. The minimum atomic E-state index is 0.132. The van der Waals surface area contributed by atoms with Crippen molar-refractivity contribution in [1.29, 1.82) is 0 Å². The number of aromatic nitrogens is 3. The van der Waals surface area contributed by atoms with Gasteiger partial charge >= 0.3 is 0 Å². The summed E-state index contributed by atoms with van der Waals surface area (Å²) < 4.78 is 0. The van der Waals surface area contributed by atoms with Crippen molar-refractivity contribution in [1.82, 2.24) is 15.2 Å². The summed E-state index contributed by atoms with van der Waals surface area (Å²) in [6.45, 7) is 4.59. The second-order valence-electron chi connectivity index (χ2n) is 4.99. The first-order valence-corrected chi connectivity index (χ1v) is 6.78. The summed E-state index contributed by atoms with van der Waals surface area (Å²) >= 11 is 0. The van der Waals surface area contributed by atoms with Gasteiger partial charge in [-0.05, 0) is 26.7 Å². The molecule has 0 radical (unpaired) electrons. The topological polar surface area (TPSA) is 62.1 Å². The number of aryl methyl sites for hydroxylation is 2. The minimum Gasteiger partial charge on any atom is -0.395 e. The number of aliphatic hydroxyl groups excluding tert-OH is 1. The lowest BCUT2D eigenvalue weighted by Gasteiger charge is -2.33. The number of hydrogen-bond acceptors (Lipinski definition) is 5. The third-order valence-corrected chi connectivity index (χ3v) is 3.69. The van der Waals surface area contributed by atoms with Gasteiger partial charge < -0.3 is 10.0 Å². The molecule has 1 fully saturated rings. The van der Waals surface area contributed by atoms with E-state index in [2.05, 4.69) is 20.1 Å². The Morgan fingerprint density at radius 2 is 1.83 bits per heavy atom. The van der Waals surface area contributed by atoms with Crippen molar-refractivity contribution in [2.75, 3.05) is 18.1 Å². The molecule has 2 rings (SSSR count). The minimum absolute atomic E-state index is 0.132. The zero-order chi connectivity index (χ0) is 13.0. The van der Waals surface area contributed by atoms with Crippen LogP contribution in [0.4, 0.5) is 5.95 Å². The summed E-state index contributed by atoms with van der Waals surface area (Å²) in [4.78, 5) is 6.63. The first kappa shape index (κ1) is 13.2. The molecule has 0 bridgehead atoms. The van der Waals surface area contributed by atoms with Gasteiger partial charge in [-0.3, -0.25) is 0 Å². The molecule has 1 aromatic rings. The molecule has 0 unspecified atom stereocenters. The van der Waals surface area contributed by atoms with Crippen molar-refractivity contribution in [2.45, 2.75) is 52.0 Å². The molecule has 1 aliphatic rings. The molecule has 18 heavy (non-hydrogen) atoms. The normalized spacial score (nSPS) is 16.8. The van der Waals surface area contributed by atoms with E-state index in [4.69, 9.17) is 0 Å². The lowest BCUT2D eigenvalue weighted by molar-refractivity contribution is 0.288. The van der Waals surface area contributed by atoms with Crippen molar-refractivity contribution in [3.05, 3.63) is 11.4 Å². The van der Waals surface area contributed by atoms with Crippen LogP contribution in [0.2, 0.25) is 0 Å². The van der Waals surface area contributed by atoms with Crippen LogP contribution in [0.25, 0.3) is 0 Å². The van der Waals surface area contributed by atoms with Crippen LogP contribution < -0.4 is 4.90 Å². The maximum Gasteiger partial charge on any atom is 0.245 e. The molecule has 100 valence electrons. The van der Waals surface area contributed by atoms with Crippen LogP contribution in [0.3, 0.4) is 0 Å². The molecule has 1 aromatic heterocycles. The van der Waals surface area contributed by atoms with E-state index in [-0.39, 0.29) is 6.61 Å². The quantitative estimate of drug-likeness (QED) is 0.879. The van der Waals surface area contributed by atoms with Gasteiger partial charge in [0.05, 0.1) is 18.0 Å². The van der Waals surface area contributed by atoms with Crippen molar-refractivity contribution < 1.29 is 5.11 Å². The molecule has 1 N–H and O–H groups in total. The predicted octanol–water partition coefficient (Wildman–Crippen LogP) is 1.62.